The van der Waals surface area contributed by atoms with Gasteiger partial charge in [0, 0.05) is 23.2 Å². The summed E-state index contributed by atoms with van der Waals surface area (Å²) in [5.74, 6) is 1.45. The van der Waals surface area contributed by atoms with Gasteiger partial charge in [0.1, 0.15) is 5.00 Å². The van der Waals surface area contributed by atoms with Crippen molar-refractivity contribution >= 4 is 43.2 Å². The first kappa shape index (κ1) is 13.8. The maximum absolute atomic E-state index is 12.7. The highest BCUT2D eigenvalue weighted by atomic mass is 32.2. The second-order valence-electron chi connectivity index (χ2n) is 5.15. The van der Waals surface area contributed by atoms with Crippen molar-refractivity contribution in [2.45, 2.75) is 6.92 Å². The van der Waals surface area contributed by atoms with Crippen LogP contribution in [0.15, 0.2) is 29.4 Å². The fourth-order valence-electron chi connectivity index (χ4n) is 2.73. The number of carbonyl (C=O) groups excluding carboxylic acids is 1. The highest BCUT2D eigenvalue weighted by Gasteiger charge is 2.38. The van der Waals surface area contributed by atoms with Gasteiger partial charge in [-0.25, -0.2) is 9.98 Å². The minimum atomic E-state index is -0.844. The average Bonchev–Trinajstić information content (AvgIpc) is 3.11. The Balaban J connectivity index is 1.75. The molecule has 2 aliphatic heterocycles. The fraction of sp³-hybridized carbons (Fsp3) is 0.267. The van der Waals surface area contributed by atoms with Gasteiger partial charge in [0.15, 0.2) is 5.17 Å². The smallest absolute Gasteiger partial charge is 0.213 e. The molecular formula is C15H15N3O2S2. The Bertz CT molecular complexity index is 783. The number of amidine groups is 1. The summed E-state index contributed by atoms with van der Waals surface area (Å²) < 4.78 is 5.10. The maximum atomic E-state index is 12.7. The number of nitrogens with zero attached hydrogens (tertiary/aromatic N) is 3. The van der Waals surface area contributed by atoms with E-state index in [1.165, 1.54) is 0 Å². The molecule has 0 saturated carbocycles. The van der Waals surface area contributed by atoms with Crippen molar-refractivity contribution in [2.24, 2.45) is 4.99 Å². The van der Waals surface area contributed by atoms with Crippen molar-refractivity contribution in [3.8, 4) is 5.88 Å². The number of anilines is 1. The average molecular weight is 333 g/mol. The zero-order valence-electron chi connectivity index (χ0n) is 12.2. The minimum Gasteiger partial charge on any atom is -0.481 e. The van der Waals surface area contributed by atoms with Crippen LogP contribution in [0.2, 0.25) is 0 Å². The van der Waals surface area contributed by atoms with Crippen LogP contribution in [0, 0.1) is 6.92 Å². The standard InChI is InChI=1S/C15H15N3O2S2/c1-9-7-11-13(21-9)17-15-18(5-6-22(15)14(11)19)10-3-4-12(20-2)16-8-10/h3-4,7-8,22H,5-6H2,1-2H3. The van der Waals surface area contributed by atoms with Crippen molar-refractivity contribution in [2.75, 3.05) is 24.3 Å². The summed E-state index contributed by atoms with van der Waals surface area (Å²) in [5.41, 5.74) is 1.78. The van der Waals surface area contributed by atoms with Crippen molar-refractivity contribution in [3.63, 3.8) is 0 Å². The molecule has 0 aromatic carbocycles. The molecule has 4 rings (SSSR count). The predicted molar refractivity (Wildman–Crippen MR) is 92.5 cm³/mol. The summed E-state index contributed by atoms with van der Waals surface area (Å²) in [6.07, 6.45) is 1.78. The monoisotopic (exact) mass is 333 g/mol. The number of pyridine rings is 1. The van der Waals surface area contributed by atoms with Crippen LogP contribution in [0.25, 0.3) is 0 Å². The molecule has 0 radical (unpaired) electrons. The molecule has 1 unspecified atom stereocenters. The van der Waals surface area contributed by atoms with E-state index in [4.69, 9.17) is 9.73 Å². The molecule has 0 aliphatic carbocycles. The molecule has 114 valence electrons. The summed E-state index contributed by atoms with van der Waals surface area (Å²) in [5, 5.41) is 2.04. The lowest BCUT2D eigenvalue weighted by molar-refractivity contribution is 0.108. The number of methoxy groups -OCH3 is 1. The van der Waals surface area contributed by atoms with Crippen molar-refractivity contribution in [3.05, 3.63) is 34.8 Å². The first-order valence-corrected chi connectivity index (χ1v) is 9.30. The lowest BCUT2D eigenvalue weighted by atomic mass is 10.3. The van der Waals surface area contributed by atoms with Gasteiger partial charge in [-0.05, 0) is 19.1 Å². The fourth-order valence-corrected chi connectivity index (χ4v) is 5.92. The van der Waals surface area contributed by atoms with E-state index in [0.29, 0.717) is 5.88 Å². The molecule has 1 saturated heterocycles. The topological polar surface area (TPSA) is 54.8 Å². The van der Waals surface area contributed by atoms with E-state index in [1.54, 1.807) is 24.6 Å². The van der Waals surface area contributed by atoms with E-state index in [9.17, 15) is 4.79 Å². The van der Waals surface area contributed by atoms with Crippen LogP contribution in [0.5, 0.6) is 5.88 Å². The Kier molecular flexibility index (Phi) is 3.19. The van der Waals surface area contributed by atoms with E-state index in [1.807, 2.05) is 25.1 Å². The van der Waals surface area contributed by atoms with E-state index in [2.05, 4.69) is 9.88 Å². The molecule has 2 aliphatic rings. The lowest BCUT2D eigenvalue weighted by Crippen LogP contribution is -2.26. The van der Waals surface area contributed by atoms with Crippen LogP contribution in [0.1, 0.15) is 15.2 Å². The first-order valence-electron chi connectivity index (χ1n) is 6.96. The summed E-state index contributed by atoms with van der Waals surface area (Å²) in [7, 11) is 0.755. The van der Waals surface area contributed by atoms with Crippen LogP contribution >= 0.6 is 22.2 Å². The largest absolute Gasteiger partial charge is 0.481 e. The highest BCUT2D eigenvalue weighted by Crippen LogP contribution is 2.49. The second kappa shape index (κ2) is 5.10. The zero-order valence-corrected chi connectivity index (χ0v) is 13.9. The third-order valence-electron chi connectivity index (χ3n) is 3.78. The number of aromatic nitrogens is 1. The van der Waals surface area contributed by atoms with Crippen LogP contribution in [-0.2, 0) is 0 Å². The van der Waals surface area contributed by atoms with E-state index in [-0.39, 0.29) is 5.12 Å². The Hall–Kier alpha value is -1.86. The quantitative estimate of drug-likeness (QED) is 0.858. The molecular weight excluding hydrogens is 318 g/mol. The molecule has 5 nitrogen and oxygen atoms in total. The van der Waals surface area contributed by atoms with Gasteiger partial charge in [0.05, 0.1) is 24.6 Å². The summed E-state index contributed by atoms with van der Waals surface area (Å²) in [6.45, 7) is 2.84. The maximum Gasteiger partial charge on any atom is 0.213 e. The van der Waals surface area contributed by atoms with Crippen molar-refractivity contribution < 1.29 is 9.53 Å². The molecule has 0 amide bonds. The molecule has 2 aromatic rings. The van der Waals surface area contributed by atoms with Gasteiger partial charge in [0.2, 0.25) is 11.0 Å². The number of fused-ring (bicyclic) bond motifs is 2. The summed E-state index contributed by atoms with van der Waals surface area (Å²) in [6, 6.07) is 5.78. The number of thiol groups is 1. The number of thiophene rings is 1. The van der Waals surface area contributed by atoms with Crippen LogP contribution in [0.3, 0.4) is 0 Å². The number of hydrogen-bond donors (Lipinski definition) is 1. The number of ether oxygens (including phenoxy) is 1. The number of hydrogen-bond acceptors (Lipinski definition) is 6. The van der Waals surface area contributed by atoms with E-state index in [0.717, 1.165) is 38.6 Å². The Morgan fingerprint density at radius 3 is 3.00 bits per heavy atom. The molecule has 1 fully saturated rings. The number of aliphatic imine (C=N–C) groups is 1. The Labute approximate surface area is 135 Å². The molecule has 0 bridgehead atoms. The van der Waals surface area contributed by atoms with Gasteiger partial charge >= 0.3 is 0 Å². The van der Waals surface area contributed by atoms with Gasteiger partial charge in [0.25, 0.3) is 0 Å². The van der Waals surface area contributed by atoms with Gasteiger partial charge in [-0.1, -0.05) is 0 Å². The second-order valence-corrected chi connectivity index (χ2v) is 8.50. The molecule has 0 spiro atoms. The summed E-state index contributed by atoms with van der Waals surface area (Å²) >= 11 is 1.59. The molecule has 7 heteroatoms. The predicted octanol–water partition coefficient (Wildman–Crippen LogP) is 3.12. The zero-order chi connectivity index (χ0) is 15.3. The molecule has 22 heavy (non-hydrogen) atoms. The number of carbonyl (C=O) groups is 1. The SMILES string of the molecule is COc1ccc(N2CC[SH]3C(=O)c4cc(C)sc4N=C23)cn1. The van der Waals surface area contributed by atoms with E-state index < -0.39 is 10.9 Å². The van der Waals surface area contributed by atoms with Gasteiger partial charge in [-0.2, -0.15) is 0 Å². The normalized spacial score (nSPS) is 21.4. The minimum absolute atomic E-state index is 0.267. The number of aryl methyl sites for hydroxylation is 1. The molecule has 1 atom stereocenters. The Morgan fingerprint density at radius 2 is 2.27 bits per heavy atom. The van der Waals surface area contributed by atoms with Gasteiger partial charge < -0.3 is 9.64 Å². The third kappa shape index (κ3) is 2.04. The lowest BCUT2D eigenvalue weighted by Gasteiger charge is -2.24. The van der Waals surface area contributed by atoms with Gasteiger partial charge in [-0.3, -0.25) is 4.79 Å². The van der Waals surface area contributed by atoms with E-state index >= 15 is 0 Å². The third-order valence-corrected chi connectivity index (χ3v) is 6.93. The van der Waals surface area contributed by atoms with Crippen molar-refractivity contribution in [1.82, 2.24) is 4.98 Å². The molecule has 2 aromatic heterocycles. The highest BCUT2D eigenvalue weighted by molar-refractivity contribution is 8.42. The summed E-state index contributed by atoms with van der Waals surface area (Å²) in [4.78, 5) is 25.0. The van der Waals surface area contributed by atoms with Gasteiger partial charge in [-0.15, -0.1) is 22.2 Å². The molecule has 0 N–H and O–H groups in total. The van der Waals surface area contributed by atoms with Crippen LogP contribution < -0.4 is 9.64 Å². The first-order chi connectivity index (χ1) is 10.7. The van der Waals surface area contributed by atoms with Crippen LogP contribution in [0.4, 0.5) is 10.7 Å². The van der Waals surface area contributed by atoms with Crippen LogP contribution in [-0.4, -0.2) is 34.7 Å². The van der Waals surface area contributed by atoms with Crippen molar-refractivity contribution in [1.29, 1.82) is 0 Å². The molecule has 4 heterocycles. The number of rotatable bonds is 2. The Morgan fingerprint density at radius 1 is 1.41 bits per heavy atom.